The Morgan fingerprint density at radius 2 is 1.72 bits per heavy atom. The summed E-state index contributed by atoms with van der Waals surface area (Å²) in [6.45, 7) is 6.55. The Kier molecular flexibility index (Phi) is 7.25. The van der Waals surface area contributed by atoms with Crippen LogP contribution in [0.5, 0.6) is 0 Å². The van der Waals surface area contributed by atoms with E-state index in [1.54, 1.807) is 0 Å². The van der Waals surface area contributed by atoms with Crippen LogP contribution in [-0.2, 0) is 4.74 Å². The highest BCUT2D eigenvalue weighted by molar-refractivity contribution is 5.59. The summed E-state index contributed by atoms with van der Waals surface area (Å²) in [7, 11) is 0. The molecule has 1 aromatic carbocycles. The third-order valence-electron chi connectivity index (χ3n) is 4.37. The van der Waals surface area contributed by atoms with Gasteiger partial charge in [0.15, 0.2) is 23.3 Å². The molecular formula is C18H24F4N2O. The minimum atomic E-state index is -1.42. The molecule has 1 fully saturated rings. The normalized spacial score (nSPS) is 17.8. The van der Waals surface area contributed by atoms with Gasteiger partial charge in [0.2, 0.25) is 0 Å². The van der Waals surface area contributed by atoms with Crippen LogP contribution in [0.3, 0.4) is 0 Å². The molecule has 1 N–H and O–H groups in total. The number of ether oxygens (including phenoxy) is 1. The molecule has 0 bridgehead atoms. The maximum atomic E-state index is 14.2. The van der Waals surface area contributed by atoms with Gasteiger partial charge >= 0.3 is 0 Å². The van der Waals surface area contributed by atoms with Gasteiger partial charge in [0.05, 0.1) is 11.7 Å². The van der Waals surface area contributed by atoms with Gasteiger partial charge < -0.3 is 15.0 Å². The molecule has 7 heteroatoms. The Bertz CT molecular complexity index is 583. The fourth-order valence-corrected chi connectivity index (χ4v) is 2.77. The van der Waals surface area contributed by atoms with Gasteiger partial charge in [-0.15, -0.1) is 0 Å². The van der Waals surface area contributed by atoms with Crippen molar-refractivity contribution in [1.29, 1.82) is 0 Å². The molecule has 0 spiro atoms. The third kappa shape index (κ3) is 4.73. The molecule has 1 aliphatic heterocycles. The highest BCUT2D eigenvalue weighted by atomic mass is 19.2. The molecule has 1 saturated heterocycles. The van der Waals surface area contributed by atoms with E-state index < -0.39 is 34.5 Å². The monoisotopic (exact) mass is 360 g/mol. The number of nitrogens with zero attached hydrogens (tertiary/aromatic N) is 1. The maximum Gasteiger partial charge on any atom is 0.185 e. The van der Waals surface area contributed by atoms with Gasteiger partial charge in [-0.2, -0.15) is 0 Å². The van der Waals surface area contributed by atoms with Crippen LogP contribution in [0, 0.1) is 23.3 Å². The molecule has 0 aliphatic carbocycles. The molecule has 0 saturated carbocycles. The second kappa shape index (κ2) is 9.20. The predicted molar refractivity (Wildman–Crippen MR) is 90.6 cm³/mol. The average Bonchev–Trinajstić information content (AvgIpc) is 3.13. The molecule has 3 nitrogen and oxygen atoms in total. The zero-order valence-electron chi connectivity index (χ0n) is 14.5. The van der Waals surface area contributed by atoms with Crippen LogP contribution in [-0.4, -0.2) is 43.8 Å². The van der Waals surface area contributed by atoms with E-state index in [2.05, 4.69) is 5.32 Å². The van der Waals surface area contributed by atoms with Crippen LogP contribution in [0.25, 0.3) is 6.08 Å². The molecule has 1 aromatic rings. The molecule has 25 heavy (non-hydrogen) atoms. The topological polar surface area (TPSA) is 24.5 Å². The van der Waals surface area contributed by atoms with Crippen molar-refractivity contribution in [1.82, 2.24) is 4.90 Å². The van der Waals surface area contributed by atoms with Crippen molar-refractivity contribution >= 4 is 11.8 Å². The fraction of sp³-hybridized carbons (Fsp3) is 0.556. The smallest absolute Gasteiger partial charge is 0.185 e. The summed E-state index contributed by atoms with van der Waals surface area (Å²) in [6.07, 6.45) is 3.97. The van der Waals surface area contributed by atoms with Gasteiger partial charge in [-0.25, -0.2) is 17.6 Å². The summed E-state index contributed by atoms with van der Waals surface area (Å²) in [5.74, 6) is -5.63. The number of nitrogens with one attached hydrogen (secondary N) is 1. The number of halogens is 4. The molecule has 0 amide bonds. The minimum Gasteiger partial charge on any atom is -0.378 e. The van der Waals surface area contributed by atoms with Crippen molar-refractivity contribution in [3.05, 3.63) is 34.9 Å². The van der Waals surface area contributed by atoms with Gasteiger partial charge in [0, 0.05) is 19.7 Å². The Morgan fingerprint density at radius 1 is 1.08 bits per heavy atom. The Morgan fingerprint density at radius 3 is 2.24 bits per heavy atom. The largest absolute Gasteiger partial charge is 0.378 e. The maximum absolute atomic E-state index is 14.2. The molecule has 0 aromatic heterocycles. The molecule has 1 heterocycles. The van der Waals surface area contributed by atoms with Crippen molar-refractivity contribution in [3.8, 4) is 0 Å². The van der Waals surface area contributed by atoms with Crippen molar-refractivity contribution in [2.24, 2.45) is 0 Å². The van der Waals surface area contributed by atoms with Crippen molar-refractivity contribution < 1.29 is 22.3 Å². The van der Waals surface area contributed by atoms with Crippen LogP contribution in [0.1, 0.15) is 32.3 Å². The molecule has 140 valence electrons. The lowest BCUT2D eigenvalue weighted by Crippen LogP contribution is -2.22. The fourth-order valence-electron chi connectivity index (χ4n) is 2.77. The van der Waals surface area contributed by atoms with Gasteiger partial charge in [-0.05, 0) is 25.9 Å². The summed E-state index contributed by atoms with van der Waals surface area (Å²) in [5, 5.41) is 2.44. The first-order valence-corrected chi connectivity index (χ1v) is 8.59. The molecule has 1 atom stereocenters. The minimum absolute atomic E-state index is 0.101. The second-order valence-electron chi connectivity index (χ2n) is 5.95. The molecule has 0 radical (unpaired) electrons. The molecule has 2 rings (SSSR count). The van der Waals surface area contributed by atoms with E-state index in [1.165, 1.54) is 6.08 Å². The lowest BCUT2D eigenvalue weighted by Gasteiger charge is -2.16. The third-order valence-corrected chi connectivity index (χ3v) is 4.37. The first kappa shape index (κ1) is 19.7. The van der Waals surface area contributed by atoms with Gasteiger partial charge in [0.1, 0.15) is 5.69 Å². The zero-order chi connectivity index (χ0) is 18.4. The Labute approximate surface area is 145 Å². The van der Waals surface area contributed by atoms with E-state index in [9.17, 15) is 17.6 Å². The van der Waals surface area contributed by atoms with Crippen molar-refractivity contribution in [3.63, 3.8) is 0 Å². The van der Waals surface area contributed by atoms with E-state index in [0.717, 1.165) is 32.0 Å². The molecular weight excluding hydrogens is 336 g/mol. The summed E-state index contributed by atoms with van der Waals surface area (Å²) in [4.78, 5) is 2.00. The van der Waals surface area contributed by atoms with Crippen LogP contribution in [0.4, 0.5) is 23.2 Å². The SMILES string of the molecule is CCN(CC)C/C=C/c1c(F)c(F)c(NC[C@H]2CCCO2)c(F)c1F. The summed E-state index contributed by atoms with van der Waals surface area (Å²) < 4.78 is 62.0. The first-order valence-electron chi connectivity index (χ1n) is 8.59. The molecule has 0 unspecified atom stereocenters. The van der Waals surface area contributed by atoms with Crippen molar-refractivity contribution in [2.45, 2.75) is 32.8 Å². The predicted octanol–water partition coefficient (Wildman–Crippen LogP) is 4.19. The number of hydrogen-bond donors (Lipinski definition) is 1. The van der Waals surface area contributed by atoms with Crippen LogP contribution < -0.4 is 5.32 Å². The van der Waals surface area contributed by atoms with Crippen LogP contribution >= 0.6 is 0 Å². The number of hydrogen-bond acceptors (Lipinski definition) is 3. The lowest BCUT2D eigenvalue weighted by molar-refractivity contribution is 0.120. The summed E-state index contributed by atoms with van der Waals surface area (Å²) in [5.41, 5.74) is -1.49. The standard InChI is InChI=1S/C18H24F4N2O/c1-3-24(4-2)9-5-8-13-14(19)16(21)18(17(22)15(13)20)23-11-12-7-6-10-25-12/h5,8,12,23H,3-4,6-7,9-11H2,1-2H3/b8-5+/t12-/m1/s1. The zero-order valence-corrected chi connectivity index (χ0v) is 14.5. The molecule has 1 aliphatic rings. The van der Waals surface area contributed by atoms with E-state index in [1.807, 2.05) is 18.7 Å². The van der Waals surface area contributed by atoms with E-state index in [0.29, 0.717) is 13.2 Å². The number of likely N-dealkylation sites (N-methyl/N-ethyl adjacent to an activating group) is 1. The highest BCUT2D eigenvalue weighted by Gasteiger charge is 2.25. The van der Waals surface area contributed by atoms with Gasteiger partial charge in [-0.3, -0.25) is 0 Å². The Balaban J connectivity index is 2.17. The summed E-state index contributed by atoms with van der Waals surface area (Å²) >= 11 is 0. The second-order valence-corrected chi connectivity index (χ2v) is 5.95. The van der Waals surface area contributed by atoms with E-state index >= 15 is 0 Å². The van der Waals surface area contributed by atoms with Crippen LogP contribution in [0.15, 0.2) is 6.08 Å². The first-order chi connectivity index (χ1) is 12.0. The highest BCUT2D eigenvalue weighted by Crippen LogP contribution is 2.29. The average molecular weight is 360 g/mol. The van der Waals surface area contributed by atoms with Gasteiger partial charge in [-0.1, -0.05) is 26.0 Å². The van der Waals surface area contributed by atoms with Crippen LogP contribution in [0.2, 0.25) is 0 Å². The van der Waals surface area contributed by atoms with E-state index in [-0.39, 0.29) is 12.6 Å². The number of rotatable bonds is 8. The lowest BCUT2D eigenvalue weighted by atomic mass is 10.1. The van der Waals surface area contributed by atoms with Crippen molar-refractivity contribution in [2.75, 3.05) is 38.1 Å². The Hall–Kier alpha value is -1.60. The summed E-state index contributed by atoms with van der Waals surface area (Å²) in [6, 6.07) is 0. The van der Waals surface area contributed by atoms with Gasteiger partial charge in [0.25, 0.3) is 0 Å². The quantitative estimate of drug-likeness (QED) is 0.556. The van der Waals surface area contributed by atoms with E-state index in [4.69, 9.17) is 4.74 Å². The number of anilines is 1. The number of benzene rings is 1.